The van der Waals surface area contributed by atoms with Crippen LogP contribution >= 0.6 is 0 Å². The van der Waals surface area contributed by atoms with Crippen LogP contribution in [-0.2, 0) is 4.79 Å². The molecule has 15 heavy (non-hydrogen) atoms. The standard InChI is InChI=1S/C12H22N2O/c1-9-7-14(8-10(2)13-9)12(15)11-5-3-4-6-11/h9-11,13H,3-8H2,1-2H3. The number of hydrogen-bond donors (Lipinski definition) is 1. The molecule has 1 saturated heterocycles. The Labute approximate surface area is 92.2 Å². The zero-order chi connectivity index (χ0) is 10.8. The van der Waals surface area contributed by atoms with Crippen LogP contribution < -0.4 is 5.32 Å². The molecule has 1 saturated carbocycles. The van der Waals surface area contributed by atoms with Gasteiger partial charge in [-0.15, -0.1) is 0 Å². The van der Waals surface area contributed by atoms with Crippen molar-refractivity contribution in [1.29, 1.82) is 0 Å². The zero-order valence-electron chi connectivity index (χ0n) is 9.83. The van der Waals surface area contributed by atoms with E-state index in [1.54, 1.807) is 0 Å². The number of amides is 1. The van der Waals surface area contributed by atoms with Gasteiger partial charge in [0.15, 0.2) is 0 Å². The summed E-state index contributed by atoms with van der Waals surface area (Å²) in [6, 6.07) is 0.887. The van der Waals surface area contributed by atoms with Crippen LogP contribution in [0.2, 0.25) is 0 Å². The summed E-state index contributed by atoms with van der Waals surface area (Å²) in [7, 11) is 0. The molecule has 3 heteroatoms. The zero-order valence-corrected chi connectivity index (χ0v) is 9.83. The quantitative estimate of drug-likeness (QED) is 0.709. The molecule has 0 spiro atoms. The van der Waals surface area contributed by atoms with E-state index in [0.717, 1.165) is 25.9 Å². The van der Waals surface area contributed by atoms with Gasteiger partial charge in [0.05, 0.1) is 0 Å². The van der Waals surface area contributed by atoms with Gasteiger partial charge in [0.1, 0.15) is 0 Å². The van der Waals surface area contributed by atoms with E-state index in [9.17, 15) is 4.79 Å². The lowest BCUT2D eigenvalue weighted by atomic mass is 10.0. The Morgan fingerprint density at radius 1 is 1.13 bits per heavy atom. The van der Waals surface area contributed by atoms with Gasteiger partial charge in [-0.1, -0.05) is 12.8 Å². The van der Waals surface area contributed by atoms with Crippen molar-refractivity contribution in [3.05, 3.63) is 0 Å². The van der Waals surface area contributed by atoms with E-state index in [1.807, 2.05) is 0 Å². The summed E-state index contributed by atoms with van der Waals surface area (Å²) in [5.41, 5.74) is 0. The highest BCUT2D eigenvalue weighted by atomic mass is 16.2. The molecule has 2 fully saturated rings. The normalized spacial score (nSPS) is 33.3. The lowest BCUT2D eigenvalue weighted by Crippen LogP contribution is -2.56. The molecule has 0 aromatic rings. The van der Waals surface area contributed by atoms with Crippen molar-refractivity contribution in [1.82, 2.24) is 10.2 Å². The smallest absolute Gasteiger partial charge is 0.225 e. The second-order valence-corrected chi connectivity index (χ2v) is 5.19. The maximum atomic E-state index is 12.2. The van der Waals surface area contributed by atoms with Gasteiger partial charge in [-0.3, -0.25) is 4.79 Å². The van der Waals surface area contributed by atoms with Crippen molar-refractivity contribution in [3.8, 4) is 0 Å². The van der Waals surface area contributed by atoms with Gasteiger partial charge in [-0.25, -0.2) is 0 Å². The van der Waals surface area contributed by atoms with Crippen molar-refractivity contribution in [2.75, 3.05) is 13.1 Å². The maximum Gasteiger partial charge on any atom is 0.225 e. The third-order valence-corrected chi connectivity index (χ3v) is 3.57. The number of rotatable bonds is 1. The first-order chi connectivity index (χ1) is 7.16. The summed E-state index contributed by atoms with van der Waals surface area (Å²) >= 11 is 0. The first-order valence-electron chi connectivity index (χ1n) is 6.21. The summed E-state index contributed by atoms with van der Waals surface area (Å²) in [6.07, 6.45) is 4.72. The number of nitrogens with zero attached hydrogens (tertiary/aromatic N) is 1. The second kappa shape index (κ2) is 4.52. The van der Waals surface area contributed by atoms with Crippen molar-refractivity contribution in [2.45, 2.75) is 51.6 Å². The fourth-order valence-electron chi connectivity index (χ4n) is 2.94. The fourth-order valence-corrected chi connectivity index (χ4v) is 2.94. The number of carbonyl (C=O) groups excluding carboxylic acids is 1. The molecule has 0 radical (unpaired) electrons. The highest BCUT2D eigenvalue weighted by Crippen LogP contribution is 2.27. The Morgan fingerprint density at radius 3 is 2.20 bits per heavy atom. The summed E-state index contributed by atoms with van der Waals surface area (Å²) < 4.78 is 0. The van der Waals surface area contributed by atoms with Gasteiger partial charge in [0.25, 0.3) is 0 Å². The largest absolute Gasteiger partial charge is 0.339 e. The molecule has 3 nitrogen and oxygen atoms in total. The second-order valence-electron chi connectivity index (χ2n) is 5.19. The van der Waals surface area contributed by atoms with E-state index in [1.165, 1.54) is 12.8 Å². The van der Waals surface area contributed by atoms with Crippen LogP contribution in [0.4, 0.5) is 0 Å². The summed E-state index contributed by atoms with van der Waals surface area (Å²) in [5, 5.41) is 3.46. The molecule has 2 atom stereocenters. The predicted octanol–water partition coefficient (Wildman–Crippen LogP) is 1.39. The van der Waals surface area contributed by atoms with Crippen LogP contribution in [0.1, 0.15) is 39.5 Å². The van der Waals surface area contributed by atoms with Crippen molar-refractivity contribution >= 4 is 5.91 Å². The first-order valence-corrected chi connectivity index (χ1v) is 6.21. The molecule has 1 heterocycles. The predicted molar refractivity (Wildman–Crippen MR) is 60.6 cm³/mol. The van der Waals surface area contributed by atoms with Crippen molar-refractivity contribution in [2.24, 2.45) is 5.92 Å². The van der Waals surface area contributed by atoms with E-state index >= 15 is 0 Å². The molecule has 2 rings (SSSR count). The number of nitrogens with one attached hydrogen (secondary N) is 1. The SMILES string of the molecule is CC1CN(C(=O)C2CCCC2)CC(C)N1. The van der Waals surface area contributed by atoms with Crippen LogP contribution in [0.3, 0.4) is 0 Å². The van der Waals surface area contributed by atoms with Gasteiger partial charge in [0.2, 0.25) is 5.91 Å². The first kappa shape index (κ1) is 10.9. The summed E-state index contributed by atoms with van der Waals surface area (Å²) in [4.78, 5) is 14.3. The lowest BCUT2D eigenvalue weighted by molar-refractivity contribution is -0.137. The lowest BCUT2D eigenvalue weighted by Gasteiger charge is -2.37. The Kier molecular flexibility index (Phi) is 3.29. The van der Waals surface area contributed by atoms with Crippen molar-refractivity contribution < 1.29 is 4.79 Å². The summed E-state index contributed by atoms with van der Waals surface area (Å²) in [5.74, 6) is 0.746. The Bertz CT molecular complexity index is 226. The monoisotopic (exact) mass is 210 g/mol. The van der Waals surface area contributed by atoms with E-state index in [-0.39, 0.29) is 0 Å². The van der Waals surface area contributed by atoms with Crippen LogP contribution in [-0.4, -0.2) is 36.0 Å². The van der Waals surface area contributed by atoms with Gasteiger partial charge in [0, 0.05) is 31.1 Å². The van der Waals surface area contributed by atoms with Gasteiger partial charge >= 0.3 is 0 Å². The molecule has 2 aliphatic rings. The molecular weight excluding hydrogens is 188 g/mol. The average Bonchev–Trinajstić information content (AvgIpc) is 2.67. The summed E-state index contributed by atoms with van der Waals surface area (Å²) in [6.45, 7) is 6.09. The van der Waals surface area contributed by atoms with E-state index < -0.39 is 0 Å². The Morgan fingerprint density at radius 2 is 1.67 bits per heavy atom. The van der Waals surface area contributed by atoms with Gasteiger partial charge < -0.3 is 10.2 Å². The molecule has 1 amide bonds. The Hall–Kier alpha value is -0.570. The molecule has 2 unspecified atom stereocenters. The van der Waals surface area contributed by atoms with E-state index in [2.05, 4.69) is 24.1 Å². The third-order valence-electron chi connectivity index (χ3n) is 3.57. The highest BCUT2D eigenvalue weighted by molar-refractivity contribution is 5.79. The molecule has 1 aliphatic heterocycles. The molecule has 1 N–H and O–H groups in total. The molecule has 0 bridgehead atoms. The average molecular weight is 210 g/mol. The van der Waals surface area contributed by atoms with E-state index in [4.69, 9.17) is 0 Å². The topological polar surface area (TPSA) is 32.3 Å². The molecule has 86 valence electrons. The minimum absolute atomic E-state index is 0.336. The molecule has 1 aliphatic carbocycles. The number of piperazine rings is 1. The fraction of sp³-hybridized carbons (Fsp3) is 0.917. The highest BCUT2D eigenvalue weighted by Gasteiger charge is 2.31. The number of hydrogen-bond acceptors (Lipinski definition) is 2. The van der Waals surface area contributed by atoms with Crippen molar-refractivity contribution in [3.63, 3.8) is 0 Å². The minimum atomic E-state index is 0.336. The van der Waals surface area contributed by atoms with Crippen LogP contribution in [0.5, 0.6) is 0 Å². The third kappa shape index (κ3) is 2.51. The van der Waals surface area contributed by atoms with Gasteiger partial charge in [-0.05, 0) is 26.7 Å². The number of carbonyl (C=O) groups is 1. The Balaban J connectivity index is 1.93. The molecule has 0 aromatic heterocycles. The van der Waals surface area contributed by atoms with Crippen LogP contribution in [0, 0.1) is 5.92 Å². The molecule has 0 aromatic carbocycles. The van der Waals surface area contributed by atoms with Crippen LogP contribution in [0.25, 0.3) is 0 Å². The van der Waals surface area contributed by atoms with Gasteiger partial charge in [-0.2, -0.15) is 0 Å². The minimum Gasteiger partial charge on any atom is -0.339 e. The van der Waals surface area contributed by atoms with E-state index in [0.29, 0.717) is 23.9 Å². The maximum absolute atomic E-state index is 12.2. The van der Waals surface area contributed by atoms with Crippen LogP contribution in [0.15, 0.2) is 0 Å². The molecular formula is C12H22N2O.